The Bertz CT molecular complexity index is 403. The molecular weight excluding hydrogens is 224 g/mol. The summed E-state index contributed by atoms with van der Waals surface area (Å²) in [6.45, 7) is 4.76. The average molecular weight is 246 g/mol. The Morgan fingerprint density at radius 1 is 1.22 bits per heavy atom. The van der Waals surface area contributed by atoms with E-state index in [9.17, 15) is 5.11 Å². The normalized spacial score (nSPS) is 29.4. The summed E-state index contributed by atoms with van der Waals surface area (Å²) in [4.78, 5) is 2.63. The van der Waals surface area contributed by atoms with Gasteiger partial charge in [-0.15, -0.1) is 0 Å². The van der Waals surface area contributed by atoms with Crippen LogP contribution >= 0.6 is 0 Å². The van der Waals surface area contributed by atoms with E-state index in [2.05, 4.69) is 17.1 Å². The van der Waals surface area contributed by atoms with Crippen LogP contribution < -0.4 is 5.32 Å². The summed E-state index contributed by atoms with van der Waals surface area (Å²) in [5.74, 6) is 0.341. The van der Waals surface area contributed by atoms with Gasteiger partial charge in [0.1, 0.15) is 5.75 Å². The summed E-state index contributed by atoms with van der Waals surface area (Å²) in [6.07, 6.45) is 3.98. The predicted molar refractivity (Wildman–Crippen MR) is 72.7 cm³/mol. The third kappa shape index (κ3) is 2.25. The van der Waals surface area contributed by atoms with Crippen molar-refractivity contribution in [3.63, 3.8) is 0 Å². The van der Waals surface area contributed by atoms with E-state index in [1.165, 1.54) is 37.9 Å². The summed E-state index contributed by atoms with van der Waals surface area (Å²) in [7, 11) is 0. The second-order valence-electron chi connectivity index (χ2n) is 5.62. The van der Waals surface area contributed by atoms with Crippen LogP contribution in [-0.4, -0.2) is 35.2 Å². The minimum Gasteiger partial charge on any atom is -0.508 e. The van der Waals surface area contributed by atoms with Gasteiger partial charge >= 0.3 is 0 Å². The molecule has 0 aromatic heterocycles. The number of phenolic OH excluding ortho intramolecular Hbond substituents is 1. The Kier molecular flexibility index (Phi) is 3.27. The van der Waals surface area contributed by atoms with Crippen LogP contribution in [-0.2, 0) is 0 Å². The minimum absolute atomic E-state index is 0.341. The van der Waals surface area contributed by atoms with Crippen LogP contribution in [0.15, 0.2) is 24.3 Å². The summed E-state index contributed by atoms with van der Waals surface area (Å²) in [6, 6.07) is 9.30. The lowest BCUT2D eigenvalue weighted by Gasteiger charge is -2.25. The Hall–Kier alpha value is -1.06. The minimum atomic E-state index is 0.341. The molecule has 3 heteroatoms. The highest BCUT2D eigenvalue weighted by Crippen LogP contribution is 2.29. The van der Waals surface area contributed by atoms with Gasteiger partial charge in [-0.3, -0.25) is 4.90 Å². The molecule has 98 valence electrons. The van der Waals surface area contributed by atoms with Crippen molar-refractivity contribution in [2.45, 2.75) is 44.3 Å². The molecule has 2 N–H and O–H groups in total. The van der Waals surface area contributed by atoms with E-state index in [4.69, 9.17) is 0 Å². The van der Waals surface area contributed by atoms with Crippen LogP contribution in [0, 0.1) is 0 Å². The fourth-order valence-electron chi connectivity index (χ4n) is 3.46. The zero-order chi connectivity index (χ0) is 12.5. The molecule has 0 spiro atoms. The van der Waals surface area contributed by atoms with Crippen molar-refractivity contribution in [1.82, 2.24) is 10.2 Å². The van der Waals surface area contributed by atoms with Crippen molar-refractivity contribution in [3.05, 3.63) is 29.8 Å². The van der Waals surface area contributed by atoms with Crippen LogP contribution in [0.25, 0.3) is 0 Å². The second kappa shape index (κ2) is 4.90. The Labute approximate surface area is 109 Å². The standard InChI is InChI=1S/C15H22N2O/c1-11(12-4-6-13(18)7-5-12)16-14-8-10-17-9-2-3-15(14)17/h4-7,11,14-16,18H,2-3,8-10H2,1H3. The van der Waals surface area contributed by atoms with Gasteiger partial charge in [0.15, 0.2) is 0 Å². The lowest BCUT2D eigenvalue weighted by atomic mass is 10.0. The topological polar surface area (TPSA) is 35.5 Å². The number of hydrogen-bond acceptors (Lipinski definition) is 3. The molecule has 3 unspecified atom stereocenters. The first-order chi connectivity index (χ1) is 8.74. The van der Waals surface area contributed by atoms with Gasteiger partial charge in [0, 0.05) is 24.7 Å². The molecule has 0 amide bonds. The zero-order valence-corrected chi connectivity index (χ0v) is 11.0. The summed E-state index contributed by atoms with van der Waals surface area (Å²) in [5, 5.41) is 13.1. The van der Waals surface area contributed by atoms with Gasteiger partial charge in [0.05, 0.1) is 0 Å². The van der Waals surface area contributed by atoms with Gasteiger partial charge in [0.2, 0.25) is 0 Å². The van der Waals surface area contributed by atoms with E-state index in [1.807, 2.05) is 12.1 Å². The molecule has 3 nitrogen and oxygen atoms in total. The van der Waals surface area contributed by atoms with E-state index in [0.717, 1.165) is 6.04 Å². The van der Waals surface area contributed by atoms with E-state index >= 15 is 0 Å². The largest absolute Gasteiger partial charge is 0.508 e. The van der Waals surface area contributed by atoms with Gasteiger partial charge in [-0.2, -0.15) is 0 Å². The fraction of sp³-hybridized carbons (Fsp3) is 0.600. The van der Waals surface area contributed by atoms with Crippen molar-refractivity contribution < 1.29 is 5.11 Å². The number of aromatic hydroxyl groups is 1. The molecule has 18 heavy (non-hydrogen) atoms. The van der Waals surface area contributed by atoms with E-state index in [1.54, 1.807) is 12.1 Å². The summed E-state index contributed by atoms with van der Waals surface area (Å²) < 4.78 is 0. The number of nitrogens with zero attached hydrogens (tertiary/aromatic N) is 1. The lowest BCUT2D eigenvalue weighted by molar-refractivity contribution is 0.291. The Morgan fingerprint density at radius 2 is 2.00 bits per heavy atom. The molecule has 2 fully saturated rings. The Morgan fingerprint density at radius 3 is 2.78 bits per heavy atom. The van der Waals surface area contributed by atoms with Crippen LogP contribution in [0.3, 0.4) is 0 Å². The van der Waals surface area contributed by atoms with Crippen molar-refractivity contribution in [2.75, 3.05) is 13.1 Å². The molecule has 0 bridgehead atoms. The van der Waals surface area contributed by atoms with Crippen molar-refractivity contribution in [1.29, 1.82) is 0 Å². The first-order valence-corrected chi connectivity index (χ1v) is 7.03. The first-order valence-electron chi connectivity index (χ1n) is 7.03. The number of benzene rings is 1. The molecule has 1 aromatic carbocycles. The summed E-state index contributed by atoms with van der Waals surface area (Å²) >= 11 is 0. The van der Waals surface area contributed by atoms with Gasteiger partial charge in [-0.25, -0.2) is 0 Å². The number of fused-ring (bicyclic) bond motifs is 1. The number of rotatable bonds is 3. The molecule has 3 rings (SSSR count). The van der Waals surface area contributed by atoms with Crippen molar-refractivity contribution in [2.24, 2.45) is 0 Å². The predicted octanol–water partition coefficient (Wildman–Crippen LogP) is 2.28. The Balaban J connectivity index is 1.64. The monoisotopic (exact) mass is 246 g/mol. The maximum Gasteiger partial charge on any atom is 0.115 e. The maximum atomic E-state index is 9.32. The van der Waals surface area contributed by atoms with E-state index in [0.29, 0.717) is 17.8 Å². The zero-order valence-electron chi connectivity index (χ0n) is 11.0. The van der Waals surface area contributed by atoms with Crippen molar-refractivity contribution in [3.8, 4) is 5.75 Å². The maximum absolute atomic E-state index is 9.32. The molecule has 0 saturated carbocycles. The summed E-state index contributed by atoms with van der Waals surface area (Å²) in [5.41, 5.74) is 1.25. The SMILES string of the molecule is CC(NC1CCN2CCCC12)c1ccc(O)cc1. The number of hydrogen-bond donors (Lipinski definition) is 2. The molecule has 1 aromatic rings. The highest BCUT2D eigenvalue weighted by atomic mass is 16.3. The third-order valence-corrected chi connectivity index (χ3v) is 4.46. The van der Waals surface area contributed by atoms with Gasteiger partial charge in [-0.05, 0) is 50.4 Å². The van der Waals surface area contributed by atoms with Crippen LogP contribution in [0.5, 0.6) is 5.75 Å². The van der Waals surface area contributed by atoms with Gasteiger partial charge in [0.25, 0.3) is 0 Å². The molecule has 2 aliphatic heterocycles. The highest BCUT2D eigenvalue weighted by Gasteiger charge is 2.37. The van der Waals surface area contributed by atoms with Crippen LogP contribution in [0.2, 0.25) is 0 Å². The van der Waals surface area contributed by atoms with E-state index < -0.39 is 0 Å². The molecule has 3 atom stereocenters. The fourth-order valence-corrected chi connectivity index (χ4v) is 3.46. The van der Waals surface area contributed by atoms with Gasteiger partial charge in [-0.1, -0.05) is 12.1 Å². The number of nitrogens with one attached hydrogen (secondary N) is 1. The first kappa shape index (κ1) is 12.0. The molecular formula is C15H22N2O. The van der Waals surface area contributed by atoms with Crippen LogP contribution in [0.1, 0.15) is 37.8 Å². The molecule has 2 aliphatic rings. The van der Waals surface area contributed by atoms with Gasteiger partial charge < -0.3 is 10.4 Å². The highest BCUT2D eigenvalue weighted by molar-refractivity contribution is 5.27. The molecule has 2 saturated heterocycles. The molecule has 2 heterocycles. The van der Waals surface area contributed by atoms with E-state index in [-0.39, 0.29) is 0 Å². The van der Waals surface area contributed by atoms with Crippen molar-refractivity contribution >= 4 is 0 Å². The molecule has 0 radical (unpaired) electrons. The number of phenols is 1. The molecule has 0 aliphatic carbocycles. The third-order valence-electron chi connectivity index (χ3n) is 4.46. The van der Waals surface area contributed by atoms with Crippen LogP contribution in [0.4, 0.5) is 0 Å². The quantitative estimate of drug-likeness (QED) is 0.859. The average Bonchev–Trinajstić information content (AvgIpc) is 2.95. The lowest BCUT2D eigenvalue weighted by Crippen LogP contribution is -2.40. The smallest absolute Gasteiger partial charge is 0.115 e. The second-order valence-corrected chi connectivity index (χ2v) is 5.62.